The quantitative estimate of drug-likeness (QED) is 0.884. The minimum atomic E-state index is 0.296. The lowest BCUT2D eigenvalue weighted by molar-refractivity contribution is 1.03. The molecule has 1 heterocycles. The number of nitrogens with zero attached hydrogens (tertiary/aromatic N) is 2. The molecule has 0 saturated carbocycles. The van der Waals surface area contributed by atoms with Crippen LogP contribution in [0.4, 0.5) is 11.4 Å². The van der Waals surface area contributed by atoms with Crippen LogP contribution in [0.15, 0.2) is 30.3 Å². The third kappa shape index (κ3) is 2.62. The second kappa shape index (κ2) is 4.68. The molecular weight excluding hydrogens is 245 g/mol. The zero-order chi connectivity index (χ0) is 11.5. The van der Waals surface area contributed by atoms with Crippen LogP contribution in [-0.4, -0.2) is 10.2 Å². The second-order valence-electron chi connectivity index (χ2n) is 3.36. The maximum Gasteiger partial charge on any atom is 0.175 e. The summed E-state index contributed by atoms with van der Waals surface area (Å²) in [4.78, 5) is 0. The summed E-state index contributed by atoms with van der Waals surface area (Å²) in [5.74, 6) is 0. The average Bonchev–Trinajstić information content (AvgIpc) is 2.27. The summed E-state index contributed by atoms with van der Waals surface area (Å²) >= 11 is 11.6. The third-order valence-corrected chi connectivity index (χ3v) is 2.51. The van der Waals surface area contributed by atoms with Crippen LogP contribution in [0, 0.1) is 6.92 Å². The lowest BCUT2D eigenvalue weighted by Gasteiger charge is -2.07. The SMILES string of the molecule is Cc1ccc(Nc2cc(Cl)nnc2Cl)cc1. The summed E-state index contributed by atoms with van der Waals surface area (Å²) in [6.07, 6.45) is 0. The van der Waals surface area contributed by atoms with Gasteiger partial charge >= 0.3 is 0 Å². The first-order chi connectivity index (χ1) is 7.65. The Kier molecular flexibility index (Phi) is 3.27. The van der Waals surface area contributed by atoms with Gasteiger partial charge in [-0.05, 0) is 19.1 Å². The molecule has 0 atom stereocenters. The molecule has 0 amide bonds. The van der Waals surface area contributed by atoms with E-state index in [0.29, 0.717) is 16.0 Å². The van der Waals surface area contributed by atoms with Crippen molar-refractivity contribution in [3.8, 4) is 0 Å². The standard InChI is InChI=1S/C11H9Cl2N3/c1-7-2-4-8(5-3-7)14-9-6-10(12)15-16-11(9)13/h2-6H,1H3,(H,14,15). The maximum atomic E-state index is 5.88. The fourth-order valence-corrected chi connectivity index (χ4v) is 1.52. The zero-order valence-electron chi connectivity index (χ0n) is 8.54. The molecule has 16 heavy (non-hydrogen) atoms. The molecule has 5 heteroatoms. The Morgan fingerprint density at radius 3 is 2.44 bits per heavy atom. The highest BCUT2D eigenvalue weighted by Gasteiger charge is 2.04. The first-order valence-electron chi connectivity index (χ1n) is 4.67. The van der Waals surface area contributed by atoms with Crippen LogP contribution >= 0.6 is 23.2 Å². The largest absolute Gasteiger partial charge is 0.353 e. The van der Waals surface area contributed by atoms with Gasteiger partial charge in [0, 0.05) is 11.8 Å². The molecule has 0 aliphatic carbocycles. The summed E-state index contributed by atoms with van der Waals surface area (Å²) < 4.78 is 0. The molecule has 1 aromatic carbocycles. The fraction of sp³-hybridized carbons (Fsp3) is 0.0909. The van der Waals surface area contributed by atoms with Crippen molar-refractivity contribution in [2.45, 2.75) is 6.92 Å². The van der Waals surface area contributed by atoms with E-state index >= 15 is 0 Å². The van der Waals surface area contributed by atoms with Gasteiger partial charge in [-0.3, -0.25) is 0 Å². The van der Waals surface area contributed by atoms with E-state index in [1.165, 1.54) is 5.56 Å². The number of benzene rings is 1. The smallest absolute Gasteiger partial charge is 0.175 e. The van der Waals surface area contributed by atoms with Crippen LogP contribution < -0.4 is 5.32 Å². The van der Waals surface area contributed by atoms with Gasteiger partial charge in [-0.25, -0.2) is 0 Å². The Morgan fingerprint density at radius 2 is 1.75 bits per heavy atom. The molecule has 2 aromatic rings. The molecule has 0 saturated heterocycles. The molecule has 0 unspecified atom stereocenters. The van der Waals surface area contributed by atoms with E-state index in [-0.39, 0.29) is 0 Å². The van der Waals surface area contributed by atoms with Crippen molar-refractivity contribution in [1.29, 1.82) is 0 Å². The minimum Gasteiger partial charge on any atom is -0.353 e. The molecular formula is C11H9Cl2N3. The Bertz CT molecular complexity index is 497. The number of nitrogens with one attached hydrogen (secondary N) is 1. The molecule has 0 bridgehead atoms. The number of hydrogen-bond acceptors (Lipinski definition) is 3. The summed E-state index contributed by atoms with van der Waals surface area (Å²) in [6, 6.07) is 9.57. The highest BCUT2D eigenvalue weighted by Crippen LogP contribution is 2.24. The van der Waals surface area contributed by atoms with Crippen LogP contribution in [0.2, 0.25) is 10.3 Å². The van der Waals surface area contributed by atoms with Crippen LogP contribution in [0.25, 0.3) is 0 Å². The van der Waals surface area contributed by atoms with Gasteiger partial charge in [0.15, 0.2) is 10.3 Å². The Balaban J connectivity index is 2.26. The van der Waals surface area contributed by atoms with Crippen molar-refractivity contribution in [1.82, 2.24) is 10.2 Å². The van der Waals surface area contributed by atoms with Gasteiger partial charge < -0.3 is 5.32 Å². The van der Waals surface area contributed by atoms with E-state index in [4.69, 9.17) is 23.2 Å². The van der Waals surface area contributed by atoms with Gasteiger partial charge in [-0.15, -0.1) is 10.2 Å². The van der Waals surface area contributed by atoms with Crippen molar-refractivity contribution >= 4 is 34.6 Å². The van der Waals surface area contributed by atoms with E-state index in [1.54, 1.807) is 6.07 Å². The van der Waals surface area contributed by atoms with Crippen molar-refractivity contribution in [2.24, 2.45) is 0 Å². The highest BCUT2D eigenvalue weighted by atomic mass is 35.5. The molecule has 0 aliphatic heterocycles. The molecule has 2 rings (SSSR count). The molecule has 0 fully saturated rings. The van der Waals surface area contributed by atoms with Gasteiger partial charge in [0.25, 0.3) is 0 Å². The van der Waals surface area contributed by atoms with Gasteiger partial charge in [0.2, 0.25) is 0 Å². The number of hydrogen-bond donors (Lipinski definition) is 1. The molecule has 82 valence electrons. The van der Waals surface area contributed by atoms with Gasteiger partial charge in [0.05, 0.1) is 5.69 Å². The number of rotatable bonds is 2. The van der Waals surface area contributed by atoms with Gasteiger partial charge in [0.1, 0.15) is 0 Å². The normalized spacial score (nSPS) is 10.2. The Labute approximate surface area is 103 Å². The molecule has 0 aliphatic rings. The number of aryl methyl sites for hydroxylation is 1. The average molecular weight is 254 g/mol. The van der Waals surface area contributed by atoms with Crippen LogP contribution in [0.1, 0.15) is 5.56 Å². The zero-order valence-corrected chi connectivity index (χ0v) is 10.0. The molecule has 0 spiro atoms. The van der Waals surface area contributed by atoms with Crippen LogP contribution in [0.3, 0.4) is 0 Å². The molecule has 1 aromatic heterocycles. The number of anilines is 2. The van der Waals surface area contributed by atoms with Crippen LogP contribution in [0.5, 0.6) is 0 Å². The summed E-state index contributed by atoms with van der Waals surface area (Å²) in [5, 5.41) is 11.1. The Hall–Kier alpha value is -1.32. The lowest BCUT2D eigenvalue weighted by atomic mass is 10.2. The van der Waals surface area contributed by atoms with Gasteiger partial charge in [-0.1, -0.05) is 40.9 Å². The van der Waals surface area contributed by atoms with E-state index in [2.05, 4.69) is 15.5 Å². The number of aromatic nitrogens is 2. The third-order valence-electron chi connectivity index (χ3n) is 2.05. The van der Waals surface area contributed by atoms with Gasteiger partial charge in [-0.2, -0.15) is 0 Å². The minimum absolute atomic E-state index is 0.296. The predicted molar refractivity (Wildman–Crippen MR) is 66.5 cm³/mol. The lowest BCUT2D eigenvalue weighted by Crippen LogP contribution is -1.94. The monoisotopic (exact) mass is 253 g/mol. The summed E-state index contributed by atoms with van der Waals surface area (Å²) in [6.45, 7) is 2.03. The van der Waals surface area contributed by atoms with Crippen molar-refractivity contribution in [2.75, 3.05) is 5.32 Å². The summed E-state index contributed by atoms with van der Waals surface area (Å²) in [7, 11) is 0. The van der Waals surface area contributed by atoms with E-state index in [0.717, 1.165) is 5.69 Å². The van der Waals surface area contributed by atoms with Crippen molar-refractivity contribution in [3.63, 3.8) is 0 Å². The summed E-state index contributed by atoms with van der Waals surface area (Å²) in [5.41, 5.74) is 2.77. The van der Waals surface area contributed by atoms with E-state index < -0.39 is 0 Å². The van der Waals surface area contributed by atoms with E-state index in [1.807, 2.05) is 31.2 Å². The molecule has 0 radical (unpaired) electrons. The predicted octanol–water partition coefficient (Wildman–Crippen LogP) is 3.84. The first-order valence-corrected chi connectivity index (χ1v) is 5.43. The van der Waals surface area contributed by atoms with Crippen molar-refractivity contribution in [3.05, 3.63) is 46.2 Å². The molecule has 3 nitrogen and oxygen atoms in total. The fourth-order valence-electron chi connectivity index (χ4n) is 1.23. The Morgan fingerprint density at radius 1 is 1.06 bits per heavy atom. The number of halogens is 2. The topological polar surface area (TPSA) is 37.8 Å². The molecule has 1 N–H and O–H groups in total. The highest BCUT2D eigenvalue weighted by molar-refractivity contribution is 6.33. The second-order valence-corrected chi connectivity index (χ2v) is 4.11. The first kappa shape index (κ1) is 11.2. The van der Waals surface area contributed by atoms with E-state index in [9.17, 15) is 0 Å². The maximum absolute atomic E-state index is 5.88. The van der Waals surface area contributed by atoms with Crippen LogP contribution in [-0.2, 0) is 0 Å². The van der Waals surface area contributed by atoms with Crippen molar-refractivity contribution < 1.29 is 0 Å².